The zero-order valence-electron chi connectivity index (χ0n) is 9.74. The Bertz CT molecular complexity index is 407. The molecule has 5 heteroatoms. The van der Waals surface area contributed by atoms with Gasteiger partial charge in [-0.25, -0.2) is 4.79 Å². The number of ether oxygens (including phenoxy) is 2. The van der Waals surface area contributed by atoms with Gasteiger partial charge in [0.15, 0.2) is 0 Å². The summed E-state index contributed by atoms with van der Waals surface area (Å²) in [4.78, 5) is 11.4. The Kier molecular flexibility index (Phi) is 2.63. The van der Waals surface area contributed by atoms with Crippen molar-refractivity contribution >= 4 is 5.97 Å². The summed E-state index contributed by atoms with van der Waals surface area (Å²) < 4.78 is 12.2. The number of aromatic nitrogens is 1. The Hall–Kier alpha value is -1.49. The summed E-state index contributed by atoms with van der Waals surface area (Å²) in [6, 6.07) is 1.70. The van der Waals surface area contributed by atoms with Gasteiger partial charge in [0.1, 0.15) is 17.0 Å². The smallest absolute Gasteiger partial charge is 0.354 e. The van der Waals surface area contributed by atoms with E-state index in [1.807, 2.05) is 6.92 Å². The molecule has 0 aliphatic carbocycles. The summed E-state index contributed by atoms with van der Waals surface area (Å²) in [7, 11) is 3.16. The standard InChI is InChI=1S/C11H16N2O3/c1-11(6-12-7-11)16-8-4-9(10(14)15-3)13(2)5-8/h4-5,12H,6-7H2,1-3H3. The molecule has 0 unspecified atom stereocenters. The van der Waals surface area contributed by atoms with E-state index in [-0.39, 0.29) is 11.6 Å². The number of aryl methyl sites for hydroxylation is 1. The lowest BCUT2D eigenvalue weighted by molar-refractivity contribution is 0.0348. The normalized spacial score (nSPS) is 17.7. The second kappa shape index (κ2) is 3.83. The minimum atomic E-state index is -0.353. The number of methoxy groups -OCH3 is 1. The zero-order valence-corrected chi connectivity index (χ0v) is 9.74. The number of carbonyl (C=O) groups is 1. The third kappa shape index (κ3) is 1.90. The van der Waals surface area contributed by atoms with Gasteiger partial charge in [-0.2, -0.15) is 0 Å². The molecular formula is C11H16N2O3. The average molecular weight is 224 g/mol. The van der Waals surface area contributed by atoms with E-state index in [1.54, 1.807) is 23.9 Å². The summed E-state index contributed by atoms with van der Waals surface area (Å²) in [5.74, 6) is 0.348. The fraction of sp³-hybridized carbons (Fsp3) is 0.545. The Labute approximate surface area is 94.3 Å². The Morgan fingerprint density at radius 3 is 2.75 bits per heavy atom. The number of carbonyl (C=O) groups excluding carboxylic acids is 1. The average Bonchev–Trinajstić information content (AvgIpc) is 2.56. The Morgan fingerprint density at radius 1 is 1.56 bits per heavy atom. The molecule has 1 N–H and O–H groups in total. The van der Waals surface area contributed by atoms with Crippen molar-refractivity contribution in [3.8, 4) is 5.75 Å². The van der Waals surface area contributed by atoms with Crippen molar-refractivity contribution in [3.63, 3.8) is 0 Å². The lowest BCUT2D eigenvalue weighted by Crippen LogP contribution is -2.60. The molecule has 16 heavy (non-hydrogen) atoms. The monoisotopic (exact) mass is 224 g/mol. The van der Waals surface area contributed by atoms with Crippen molar-refractivity contribution in [3.05, 3.63) is 18.0 Å². The summed E-state index contributed by atoms with van der Waals surface area (Å²) in [6.07, 6.45) is 1.79. The molecule has 1 aliphatic rings. The minimum absolute atomic E-state index is 0.158. The first kappa shape index (κ1) is 11.0. The second-order valence-corrected chi connectivity index (χ2v) is 4.32. The van der Waals surface area contributed by atoms with Crippen LogP contribution in [0.4, 0.5) is 0 Å². The largest absolute Gasteiger partial charge is 0.483 e. The maximum absolute atomic E-state index is 11.4. The molecule has 0 atom stereocenters. The topological polar surface area (TPSA) is 52.5 Å². The van der Waals surface area contributed by atoms with E-state index in [0.29, 0.717) is 11.4 Å². The molecule has 0 radical (unpaired) electrons. The Morgan fingerprint density at radius 2 is 2.25 bits per heavy atom. The molecule has 1 aliphatic heterocycles. The molecule has 2 heterocycles. The van der Waals surface area contributed by atoms with Crippen molar-refractivity contribution < 1.29 is 14.3 Å². The summed E-state index contributed by atoms with van der Waals surface area (Å²) in [5.41, 5.74) is 0.336. The molecule has 2 rings (SSSR count). The van der Waals surface area contributed by atoms with Crippen molar-refractivity contribution in [1.29, 1.82) is 0 Å². The van der Waals surface area contributed by atoms with Gasteiger partial charge in [-0.15, -0.1) is 0 Å². The quantitative estimate of drug-likeness (QED) is 0.762. The van der Waals surface area contributed by atoms with Gasteiger partial charge < -0.3 is 19.4 Å². The van der Waals surface area contributed by atoms with Crippen molar-refractivity contribution in [2.24, 2.45) is 7.05 Å². The molecule has 1 aromatic rings. The maximum atomic E-state index is 11.4. The summed E-state index contributed by atoms with van der Waals surface area (Å²) in [5, 5.41) is 3.15. The highest BCUT2D eigenvalue weighted by molar-refractivity contribution is 5.88. The van der Waals surface area contributed by atoms with Crippen LogP contribution in [-0.2, 0) is 11.8 Å². The molecule has 0 aromatic carbocycles. The first-order chi connectivity index (χ1) is 7.54. The Balaban J connectivity index is 2.14. The van der Waals surface area contributed by atoms with Crippen LogP contribution in [0.15, 0.2) is 12.3 Å². The van der Waals surface area contributed by atoms with E-state index >= 15 is 0 Å². The van der Waals surface area contributed by atoms with Gasteiger partial charge in [0.25, 0.3) is 0 Å². The first-order valence-corrected chi connectivity index (χ1v) is 5.18. The predicted molar refractivity (Wildman–Crippen MR) is 58.7 cm³/mol. The third-order valence-corrected chi connectivity index (χ3v) is 2.74. The van der Waals surface area contributed by atoms with Crippen LogP contribution in [0.3, 0.4) is 0 Å². The van der Waals surface area contributed by atoms with Crippen LogP contribution in [0.5, 0.6) is 5.75 Å². The van der Waals surface area contributed by atoms with Gasteiger partial charge >= 0.3 is 5.97 Å². The first-order valence-electron chi connectivity index (χ1n) is 5.18. The second-order valence-electron chi connectivity index (χ2n) is 4.32. The fourth-order valence-corrected chi connectivity index (χ4v) is 1.73. The van der Waals surface area contributed by atoms with Gasteiger partial charge in [0, 0.05) is 32.4 Å². The highest BCUT2D eigenvalue weighted by Gasteiger charge is 2.34. The SMILES string of the molecule is COC(=O)c1cc(OC2(C)CNC2)cn1C. The molecule has 5 nitrogen and oxygen atoms in total. The number of hydrogen-bond acceptors (Lipinski definition) is 4. The number of rotatable bonds is 3. The van der Waals surface area contributed by atoms with E-state index < -0.39 is 0 Å². The van der Waals surface area contributed by atoms with Crippen LogP contribution >= 0.6 is 0 Å². The molecule has 0 bridgehead atoms. The summed E-state index contributed by atoms with van der Waals surface area (Å²) >= 11 is 0. The minimum Gasteiger partial charge on any atom is -0.483 e. The van der Waals surface area contributed by atoms with Gasteiger partial charge in [-0.05, 0) is 6.92 Å². The van der Waals surface area contributed by atoms with Crippen LogP contribution < -0.4 is 10.1 Å². The van der Waals surface area contributed by atoms with Gasteiger partial charge in [0.2, 0.25) is 0 Å². The van der Waals surface area contributed by atoms with Crippen molar-refractivity contribution in [2.45, 2.75) is 12.5 Å². The molecule has 1 aromatic heterocycles. The van der Waals surface area contributed by atoms with Gasteiger partial charge in [0.05, 0.1) is 7.11 Å². The van der Waals surface area contributed by atoms with E-state index in [2.05, 4.69) is 10.1 Å². The van der Waals surface area contributed by atoms with Crippen LogP contribution in [0.2, 0.25) is 0 Å². The highest BCUT2D eigenvalue weighted by Crippen LogP contribution is 2.23. The van der Waals surface area contributed by atoms with Crippen LogP contribution in [0, 0.1) is 0 Å². The number of hydrogen-bond donors (Lipinski definition) is 1. The fourth-order valence-electron chi connectivity index (χ4n) is 1.73. The summed E-state index contributed by atoms with van der Waals surface area (Å²) in [6.45, 7) is 3.69. The lowest BCUT2D eigenvalue weighted by atomic mass is 10.0. The van der Waals surface area contributed by atoms with Crippen molar-refractivity contribution in [2.75, 3.05) is 20.2 Å². The molecule has 0 spiro atoms. The molecular weight excluding hydrogens is 208 g/mol. The number of nitrogens with one attached hydrogen (secondary N) is 1. The zero-order chi connectivity index (χ0) is 11.8. The van der Waals surface area contributed by atoms with Crippen LogP contribution in [0.25, 0.3) is 0 Å². The molecule has 0 amide bonds. The third-order valence-electron chi connectivity index (χ3n) is 2.74. The molecule has 1 saturated heterocycles. The van der Waals surface area contributed by atoms with Gasteiger partial charge in [-0.1, -0.05) is 0 Å². The van der Waals surface area contributed by atoms with E-state index in [9.17, 15) is 4.79 Å². The number of nitrogens with zero attached hydrogens (tertiary/aromatic N) is 1. The molecule has 0 saturated carbocycles. The molecule has 88 valence electrons. The maximum Gasteiger partial charge on any atom is 0.354 e. The van der Waals surface area contributed by atoms with E-state index in [1.165, 1.54) is 7.11 Å². The lowest BCUT2D eigenvalue weighted by Gasteiger charge is -2.39. The molecule has 1 fully saturated rings. The predicted octanol–water partition coefficient (Wildman–Crippen LogP) is 0.552. The van der Waals surface area contributed by atoms with E-state index in [4.69, 9.17) is 4.74 Å². The van der Waals surface area contributed by atoms with Gasteiger partial charge in [-0.3, -0.25) is 0 Å². The van der Waals surface area contributed by atoms with Crippen LogP contribution in [0.1, 0.15) is 17.4 Å². The van der Waals surface area contributed by atoms with Crippen molar-refractivity contribution in [1.82, 2.24) is 9.88 Å². The number of esters is 1. The highest BCUT2D eigenvalue weighted by atomic mass is 16.5. The van der Waals surface area contributed by atoms with E-state index in [0.717, 1.165) is 13.1 Å². The van der Waals surface area contributed by atoms with Crippen LogP contribution in [-0.4, -0.2) is 36.3 Å².